The van der Waals surface area contributed by atoms with Crippen molar-refractivity contribution < 1.29 is 14.3 Å². The summed E-state index contributed by atoms with van der Waals surface area (Å²) in [6.07, 6.45) is 0. The highest BCUT2D eigenvalue weighted by molar-refractivity contribution is 7.00. The molecule has 3 nitrogen and oxygen atoms in total. The van der Waals surface area contributed by atoms with Crippen molar-refractivity contribution in [1.29, 1.82) is 0 Å². The molecule has 0 bridgehead atoms. The van der Waals surface area contributed by atoms with Crippen LogP contribution in [0.4, 0.5) is 0 Å². The number of carbonyl (C=O) groups is 1. The SMILES string of the molecule is CC(=O)c1ccc(O[Si](c2ccccc2)(c2ccccc2)C(C)(C)C)cc1O. The van der Waals surface area contributed by atoms with Crippen LogP contribution in [0, 0.1) is 0 Å². The van der Waals surface area contributed by atoms with Crippen LogP contribution in [0.2, 0.25) is 5.04 Å². The number of hydrogen-bond donors (Lipinski definition) is 1. The number of hydrogen-bond acceptors (Lipinski definition) is 3. The molecule has 3 rings (SSSR count). The van der Waals surface area contributed by atoms with Gasteiger partial charge in [0.2, 0.25) is 0 Å². The zero-order valence-electron chi connectivity index (χ0n) is 16.8. The maximum Gasteiger partial charge on any atom is 0.319 e. The third-order valence-corrected chi connectivity index (χ3v) is 9.98. The molecule has 0 heterocycles. The van der Waals surface area contributed by atoms with Crippen molar-refractivity contribution in [2.24, 2.45) is 0 Å². The van der Waals surface area contributed by atoms with Gasteiger partial charge in [-0.15, -0.1) is 0 Å². The minimum absolute atomic E-state index is 0.0528. The smallest absolute Gasteiger partial charge is 0.319 e. The van der Waals surface area contributed by atoms with E-state index in [1.165, 1.54) is 6.92 Å². The molecule has 0 unspecified atom stereocenters. The fourth-order valence-electron chi connectivity index (χ4n) is 3.70. The lowest BCUT2D eigenvalue weighted by Crippen LogP contribution is -2.68. The second-order valence-corrected chi connectivity index (χ2v) is 12.2. The van der Waals surface area contributed by atoms with Gasteiger partial charge in [-0.25, -0.2) is 0 Å². The Morgan fingerprint density at radius 2 is 1.36 bits per heavy atom. The van der Waals surface area contributed by atoms with Crippen LogP contribution in [0.15, 0.2) is 78.9 Å². The standard InChI is InChI=1S/C24H26O3Si/c1-18(25)22-16-15-19(17-23(22)26)27-28(24(2,3)4,20-11-7-5-8-12-20)21-13-9-6-10-14-21/h5-17,26H,1-4H3. The molecule has 144 valence electrons. The number of phenolic OH excluding ortho intramolecular Hbond substituents is 1. The molecule has 1 N–H and O–H groups in total. The molecule has 0 saturated heterocycles. The number of rotatable bonds is 5. The van der Waals surface area contributed by atoms with Gasteiger partial charge in [0.1, 0.15) is 11.5 Å². The van der Waals surface area contributed by atoms with Crippen molar-refractivity contribution in [3.63, 3.8) is 0 Å². The van der Waals surface area contributed by atoms with Crippen LogP contribution in [0.1, 0.15) is 38.1 Å². The Morgan fingerprint density at radius 1 is 0.857 bits per heavy atom. The maximum atomic E-state index is 11.7. The molecule has 0 spiro atoms. The first kappa shape index (κ1) is 19.9. The first-order chi connectivity index (χ1) is 13.3. The van der Waals surface area contributed by atoms with Crippen molar-refractivity contribution >= 4 is 24.5 Å². The van der Waals surface area contributed by atoms with Gasteiger partial charge in [-0.3, -0.25) is 4.79 Å². The maximum absolute atomic E-state index is 11.7. The fourth-order valence-corrected chi connectivity index (χ4v) is 8.11. The zero-order valence-corrected chi connectivity index (χ0v) is 17.8. The van der Waals surface area contributed by atoms with E-state index in [-0.39, 0.29) is 16.6 Å². The predicted octanol–water partition coefficient (Wildman–Crippen LogP) is 4.53. The first-order valence-corrected chi connectivity index (χ1v) is 11.3. The predicted molar refractivity (Wildman–Crippen MR) is 116 cm³/mol. The molecule has 0 aliphatic carbocycles. The topological polar surface area (TPSA) is 46.5 Å². The largest absolute Gasteiger partial charge is 0.534 e. The van der Waals surface area contributed by atoms with Gasteiger partial charge < -0.3 is 9.53 Å². The summed E-state index contributed by atoms with van der Waals surface area (Å²) in [7, 11) is -2.75. The van der Waals surface area contributed by atoms with Gasteiger partial charge in [-0.1, -0.05) is 81.4 Å². The second kappa shape index (κ2) is 7.64. The number of carbonyl (C=O) groups excluding carboxylic acids is 1. The molecule has 28 heavy (non-hydrogen) atoms. The Bertz CT molecular complexity index is 921. The highest BCUT2D eigenvalue weighted by Crippen LogP contribution is 2.38. The number of ketones is 1. The van der Waals surface area contributed by atoms with Crippen molar-refractivity contribution in [3.8, 4) is 11.5 Å². The minimum Gasteiger partial charge on any atom is -0.534 e. The van der Waals surface area contributed by atoms with E-state index < -0.39 is 8.32 Å². The normalized spacial score (nSPS) is 11.9. The average molecular weight is 391 g/mol. The fraction of sp³-hybridized carbons (Fsp3) is 0.208. The van der Waals surface area contributed by atoms with Gasteiger partial charge in [-0.2, -0.15) is 0 Å². The van der Waals surface area contributed by atoms with Crippen molar-refractivity contribution in [2.45, 2.75) is 32.7 Å². The van der Waals surface area contributed by atoms with E-state index >= 15 is 0 Å². The Balaban J connectivity index is 2.22. The van der Waals surface area contributed by atoms with Gasteiger partial charge in [0.15, 0.2) is 5.78 Å². The molecular formula is C24H26O3Si. The number of Topliss-reactive ketones (excluding diaryl/α,β-unsaturated/α-hetero) is 1. The molecule has 0 aliphatic heterocycles. The number of aromatic hydroxyl groups is 1. The highest BCUT2D eigenvalue weighted by Gasteiger charge is 2.52. The van der Waals surface area contributed by atoms with Crippen LogP contribution < -0.4 is 14.8 Å². The molecule has 4 heteroatoms. The van der Waals surface area contributed by atoms with Crippen molar-refractivity contribution in [2.75, 3.05) is 0 Å². The van der Waals surface area contributed by atoms with E-state index in [4.69, 9.17) is 4.43 Å². The zero-order chi connectivity index (χ0) is 20.4. The van der Waals surface area contributed by atoms with Gasteiger partial charge >= 0.3 is 8.32 Å². The monoisotopic (exact) mass is 390 g/mol. The summed E-state index contributed by atoms with van der Waals surface area (Å²) in [4.78, 5) is 11.7. The summed E-state index contributed by atoms with van der Waals surface area (Å²) < 4.78 is 6.82. The molecule has 0 amide bonds. The number of phenols is 1. The average Bonchev–Trinajstić information content (AvgIpc) is 2.66. The highest BCUT2D eigenvalue weighted by atomic mass is 28.4. The molecule has 3 aromatic carbocycles. The first-order valence-electron chi connectivity index (χ1n) is 9.40. The summed E-state index contributed by atoms with van der Waals surface area (Å²) in [5.74, 6) is 0.342. The minimum atomic E-state index is -2.75. The van der Waals surface area contributed by atoms with Gasteiger partial charge in [0.25, 0.3) is 0 Å². The summed E-state index contributed by atoms with van der Waals surface area (Å²) >= 11 is 0. The lowest BCUT2D eigenvalue weighted by atomic mass is 10.1. The Labute approximate surface area is 167 Å². The molecule has 0 fully saturated rings. The van der Waals surface area contributed by atoms with Crippen LogP contribution in [-0.2, 0) is 0 Å². The summed E-state index contributed by atoms with van der Waals surface area (Å²) in [5, 5.41) is 12.5. The van der Waals surface area contributed by atoms with Gasteiger partial charge in [-0.05, 0) is 34.5 Å². The second-order valence-electron chi connectivity index (χ2n) is 8.00. The Kier molecular flexibility index (Phi) is 5.43. The molecule has 0 atom stereocenters. The number of benzene rings is 3. The molecule has 3 aromatic rings. The summed E-state index contributed by atoms with van der Waals surface area (Å²) in [6, 6.07) is 25.6. The van der Waals surface area contributed by atoms with E-state index in [0.717, 1.165) is 10.4 Å². The summed E-state index contributed by atoms with van der Waals surface area (Å²) in [6.45, 7) is 8.03. The van der Waals surface area contributed by atoms with Crippen molar-refractivity contribution in [1.82, 2.24) is 0 Å². The lowest BCUT2D eigenvalue weighted by molar-refractivity contribution is 0.101. The third kappa shape index (κ3) is 3.60. The Hall–Kier alpha value is -2.85. The molecule has 0 radical (unpaired) electrons. The molecule has 0 aromatic heterocycles. The summed E-state index contributed by atoms with van der Waals surface area (Å²) in [5.41, 5.74) is 0.301. The van der Waals surface area contributed by atoms with E-state index in [1.807, 2.05) is 36.4 Å². The van der Waals surface area contributed by atoms with Crippen LogP contribution in [0.3, 0.4) is 0 Å². The van der Waals surface area contributed by atoms with Crippen LogP contribution in [-0.4, -0.2) is 19.2 Å². The molecule has 0 saturated carbocycles. The Morgan fingerprint density at radius 3 is 1.75 bits per heavy atom. The van der Waals surface area contributed by atoms with E-state index in [2.05, 4.69) is 45.0 Å². The third-order valence-electron chi connectivity index (χ3n) is 5.04. The lowest BCUT2D eigenvalue weighted by Gasteiger charge is -2.43. The van der Waals surface area contributed by atoms with Crippen LogP contribution >= 0.6 is 0 Å². The molecular weight excluding hydrogens is 364 g/mol. The van der Waals surface area contributed by atoms with E-state index in [0.29, 0.717) is 11.3 Å². The molecule has 0 aliphatic rings. The van der Waals surface area contributed by atoms with Crippen LogP contribution in [0.25, 0.3) is 0 Å². The quantitative estimate of drug-likeness (QED) is 0.514. The van der Waals surface area contributed by atoms with Gasteiger partial charge in [0.05, 0.1) is 5.56 Å². The van der Waals surface area contributed by atoms with E-state index in [9.17, 15) is 9.90 Å². The van der Waals surface area contributed by atoms with Gasteiger partial charge in [0, 0.05) is 6.07 Å². The van der Waals surface area contributed by atoms with Crippen molar-refractivity contribution in [3.05, 3.63) is 84.4 Å². The van der Waals surface area contributed by atoms with E-state index in [1.54, 1.807) is 18.2 Å². The van der Waals surface area contributed by atoms with Crippen LogP contribution in [0.5, 0.6) is 11.5 Å².